The molecule has 0 spiro atoms. The molecule has 0 aromatic carbocycles. The van der Waals surface area contributed by atoms with E-state index in [4.69, 9.17) is 10.8 Å². The van der Waals surface area contributed by atoms with Gasteiger partial charge in [-0.1, -0.05) is 13.8 Å². The lowest BCUT2D eigenvalue weighted by molar-refractivity contribution is -0.137. The number of aliphatic carboxylic acids is 1. The molecule has 1 aliphatic heterocycles. The number of hydrogen-bond acceptors (Lipinski definition) is 3. The van der Waals surface area contributed by atoms with Crippen LogP contribution >= 0.6 is 0 Å². The lowest BCUT2D eigenvalue weighted by Gasteiger charge is -2.33. The predicted molar refractivity (Wildman–Crippen MR) is 82.9 cm³/mol. The van der Waals surface area contributed by atoms with Crippen molar-refractivity contribution in [2.24, 2.45) is 17.1 Å². The van der Waals surface area contributed by atoms with Crippen LogP contribution in [0.15, 0.2) is 0 Å². The quantitative estimate of drug-likeness (QED) is 0.720. The fourth-order valence-corrected chi connectivity index (χ4v) is 2.97. The van der Waals surface area contributed by atoms with Gasteiger partial charge in [-0.2, -0.15) is 0 Å². The Kier molecular flexibility index (Phi) is 7.15. The first-order valence-electron chi connectivity index (χ1n) is 8.04. The van der Waals surface area contributed by atoms with Crippen LogP contribution in [-0.2, 0) is 9.59 Å². The summed E-state index contributed by atoms with van der Waals surface area (Å²) in [4.78, 5) is 24.9. The molecule has 1 amide bonds. The fraction of sp³-hybridized carbons (Fsp3) is 0.875. The third kappa shape index (κ3) is 6.93. The van der Waals surface area contributed by atoms with E-state index in [1.54, 1.807) is 0 Å². The number of nitrogens with zero attached hydrogens (tertiary/aromatic N) is 1. The molecule has 1 rings (SSSR count). The molecule has 0 saturated carbocycles. The maximum atomic E-state index is 12.3. The number of piperidine rings is 1. The standard InChI is InChI=1S/C16H30N2O3/c1-16(2,9-10-17)8-7-14(19)18-11-3-4-13(12-18)5-6-15(20)21/h13H,3-12,17H2,1-2H3,(H,20,21). The van der Waals surface area contributed by atoms with Gasteiger partial charge in [0.2, 0.25) is 5.91 Å². The molecule has 1 unspecified atom stereocenters. The first kappa shape index (κ1) is 18.0. The van der Waals surface area contributed by atoms with Crippen molar-refractivity contribution in [1.29, 1.82) is 0 Å². The first-order valence-corrected chi connectivity index (χ1v) is 8.04. The molecule has 1 atom stereocenters. The fourth-order valence-electron chi connectivity index (χ4n) is 2.97. The summed E-state index contributed by atoms with van der Waals surface area (Å²) < 4.78 is 0. The van der Waals surface area contributed by atoms with Gasteiger partial charge in [-0.05, 0) is 50.0 Å². The molecule has 5 nitrogen and oxygen atoms in total. The molecule has 0 bridgehead atoms. The van der Waals surface area contributed by atoms with Gasteiger partial charge < -0.3 is 15.7 Å². The predicted octanol–water partition coefficient (Wildman–Crippen LogP) is 2.25. The zero-order chi connectivity index (χ0) is 15.9. The van der Waals surface area contributed by atoms with Gasteiger partial charge in [-0.3, -0.25) is 9.59 Å². The second-order valence-electron chi connectivity index (χ2n) is 6.98. The number of hydrogen-bond donors (Lipinski definition) is 2. The molecule has 3 N–H and O–H groups in total. The third-order valence-electron chi connectivity index (χ3n) is 4.47. The number of carbonyl (C=O) groups is 2. The van der Waals surface area contributed by atoms with E-state index < -0.39 is 5.97 Å². The number of nitrogens with two attached hydrogens (primary N) is 1. The highest BCUT2D eigenvalue weighted by molar-refractivity contribution is 5.76. The van der Waals surface area contributed by atoms with E-state index in [1.807, 2.05) is 4.90 Å². The van der Waals surface area contributed by atoms with Crippen molar-refractivity contribution in [3.63, 3.8) is 0 Å². The number of amides is 1. The number of rotatable bonds is 8. The minimum absolute atomic E-state index is 0.114. The van der Waals surface area contributed by atoms with Gasteiger partial charge in [0.1, 0.15) is 0 Å². The highest BCUT2D eigenvalue weighted by atomic mass is 16.4. The van der Waals surface area contributed by atoms with Crippen LogP contribution in [0.4, 0.5) is 0 Å². The van der Waals surface area contributed by atoms with Crippen LogP contribution in [0.25, 0.3) is 0 Å². The summed E-state index contributed by atoms with van der Waals surface area (Å²) >= 11 is 0. The number of carbonyl (C=O) groups excluding carboxylic acids is 1. The minimum Gasteiger partial charge on any atom is -0.481 e. The number of carboxylic acid groups (broad SMARTS) is 1. The third-order valence-corrected chi connectivity index (χ3v) is 4.47. The summed E-state index contributed by atoms with van der Waals surface area (Å²) in [5.41, 5.74) is 5.71. The van der Waals surface area contributed by atoms with Crippen LogP contribution in [-0.4, -0.2) is 41.5 Å². The topological polar surface area (TPSA) is 83.6 Å². The van der Waals surface area contributed by atoms with Crippen LogP contribution < -0.4 is 5.73 Å². The molecule has 0 aliphatic carbocycles. The Bertz CT molecular complexity index is 355. The van der Waals surface area contributed by atoms with Crippen molar-refractivity contribution in [3.8, 4) is 0 Å². The molecule has 1 fully saturated rings. The van der Waals surface area contributed by atoms with Crippen molar-refractivity contribution >= 4 is 11.9 Å². The van der Waals surface area contributed by atoms with E-state index in [0.717, 1.165) is 38.8 Å². The average molecular weight is 298 g/mol. The highest BCUT2D eigenvalue weighted by Gasteiger charge is 2.25. The molecular weight excluding hydrogens is 268 g/mol. The first-order chi connectivity index (χ1) is 9.84. The van der Waals surface area contributed by atoms with E-state index in [1.165, 1.54) is 0 Å². The van der Waals surface area contributed by atoms with Gasteiger partial charge in [0.15, 0.2) is 0 Å². The Morgan fingerprint density at radius 1 is 1.29 bits per heavy atom. The van der Waals surface area contributed by atoms with Crippen molar-refractivity contribution in [1.82, 2.24) is 4.90 Å². The molecule has 1 heterocycles. The van der Waals surface area contributed by atoms with Crippen molar-refractivity contribution in [2.45, 2.75) is 58.8 Å². The molecule has 1 aliphatic rings. The van der Waals surface area contributed by atoms with Crippen molar-refractivity contribution < 1.29 is 14.7 Å². The molecule has 122 valence electrons. The van der Waals surface area contributed by atoms with Gasteiger partial charge in [0.25, 0.3) is 0 Å². The Morgan fingerprint density at radius 2 is 2.00 bits per heavy atom. The van der Waals surface area contributed by atoms with Crippen LogP contribution in [0.3, 0.4) is 0 Å². The van der Waals surface area contributed by atoms with Crippen molar-refractivity contribution in [2.75, 3.05) is 19.6 Å². The van der Waals surface area contributed by atoms with Gasteiger partial charge in [-0.25, -0.2) is 0 Å². The van der Waals surface area contributed by atoms with Crippen LogP contribution in [0, 0.1) is 11.3 Å². The lowest BCUT2D eigenvalue weighted by atomic mass is 9.84. The Hall–Kier alpha value is -1.10. The van der Waals surface area contributed by atoms with Crippen LogP contribution in [0.2, 0.25) is 0 Å². The Morgan fingerprint density at radius 3 is 2.62 bits per heavy atom. The summed E-state index contributed by atoms with van der Waals surface area (Å²) in [6.45, 7) is 6.50. The smallest absolute Gasteiger partial charge is 0.303 e. The van der Waals surface area contributed by atoms with Gasteiger partial charge in [-0.15, -0.1) is 0 Å². The number of carboxylic acids is 1. The normalized spacial score (nSPS) is 19.6. The summed E-state index contributed by atoms with van der Waals surface area (Å²) in [5, 5.41) is 8.75. The van der Waals surface area contributed by atoms with Gasteiger partial charge >= 0.3 is 5.97 Å². The monoisotopic (exact) mass is 298 g/mol. The molecule has 0 aromatic rings. The molecule has 5 heteroatoms. The van der Waals surface area contributed by atoms with Gasteiger partial charge in [0.05, 0.1) is 0 Å². The average Bonchev–Trinajstić information content (AvgIpc) is 2.43. The lowest BCUT2D eigenvalue weighted by Crippen LogP contribution is -2.40. The van der Waals surface area contributed by atoms with E-state index in [0.29, 0.717) is 25.3 Å². The Balaban J connectivity index is 2.38. The summed E-state index contributed by atoms with van der Waals surface area (Å²) in [6, 6.07) is 0. The van der Waals surface area contributed by atoms with E-state index in [2.05, 4.69) is 13.8 Å². The molecule has 0 aromatic heterocycles. The second kappa shape index (κ2) is 8.37. The SMILES string of the molecule is CC(C)(CCN)CCC(=O)N1CCCC(CCC(=O)O)C1. The van der Waals surface area contributed by atoms with E-state index in [9.17, 15) is 9.59 Å². The van der Waals surface area contributed by atoms with E-state index in [-0.39, 0.29) is 17.7 Å². The largest absolute Gasteiger partial charge is 0.481 e. The summed E-state index contributed by atoms with van der Waals surface area (Å²) in [5.74, 6) is -0.196. The van der Waals surface area contributed by atoms with Crippen molar-refractivity contribution in [3.05, 3.63) is 0 Å². The summed E-state index contributed by atoms with van der Waals surface area (Å²) in [6.07, 6.45) is 5.27. The molecule has 21 heavy (non-hydrogen) atoms. The van der Waals surface area contributed by atoms with Crippen LogP contribution in [0.1, 0.15) is 58.8 Å². The van der Waals surface area contributed by atoms with E-state index >= 15 is 0 Å². The zero-order valence-electron chi connectivity index (χ0n) is 13.4. The maximum absolute atomic E-state index is 12.3. The second-order valence-corrected chi connectivity index (χ2v) is 6.98. The molecular formula is C16H30N2O3. The molecule has 1 saturated heterocycles. The molecule has 0 radical (unpaired) electrons. The highest BCUT2D eigenvalue weighted by Crippen LogP contribution is 2.27. The summed E-state index contributed by atoms with van der Waals surface area (Å²) in [7, 11) is 0. The Labute approximate surface area is 127 Å². The minimum atomic E-state index is -0.748. The maximum Gasteiger partial charge on any atom is 0.303 e. The van der Waals surface area contributed by atoms with Gasteiger partial charge in [0, 0.05) is 25.9 Å². The zero-order valence-corrected chi connectivity index (χ0v) is 13.4. The number of likely N-dealkylation sites (tertiary alicyclic amines) is 1. The van der Waals surface area contributed by atoms with Crippen LogP contribution in [0.5, 0.6) is 0 Å².